The molecule has 0 aromatic carbocycles. The van der Waals surface area contributed by atoms with Crippen LogP contribution in [0, 0.1) is 5.41 Å². The van der Waals surface area contributed by atoms with Gasteiger partial charge in [-0.3, -0.25) is 9.59 Å². The van der Waals surface area contributed by atoms with Gasteiger partial charge in [0, 0.05) is 10.7 Å². The van der Waals surface area contributed by atoms with Gasteiger partial charge in [0.15, 0.2) is 0 Å². The molecule has 0 atom stereocenters. The van der Waals surface area contributed by atoms with E-state index in [2.05, 4.69) is 26.2 Å². The molecule has 1 amide bonds. The van der Waals surface area contributed by atoms with Gasteiger partial charge >= 0.3 is 5.97 Å². The first kappa shape index (κ1) is 16.9. The molecule has 20 heavy (non-hydrogen) atoms. The molecule has 1 rings (SSSR count). The third-order valence-corrected chi connectivity index (χ3v) is 4.31. The standard InChI is InChI=1S/C13H16BrClN2O3/c1-12(2,11(19)20)13(3,4)17-10(18)8-5-7(14)6-16-9(8)15/h5-6H,1-4H3,(H,17,18)(H,19,20). The normalized spacial score (nSPS) is 12.1. The Balaban J connectivity index is 3.06. The van der Waals surface area contributed by atoms with Crippen LogP contribution in [0.1, 0.15) is 38.1 Å². The minimum Gasteiger partial charge on any atom is -0.481 e. The molecule has 0 aliphatic heterocycles. The largest absolute Gasteiger partial charge is 0.481 e. The predicted molar refractivity (Wildman–Crippen MR) is 79.9 cm³/mol. The molecule has 0 bridgehead atoms. The van der Waals surface area contributed by atoms with Gasteiger partial charge in [0.1, 0.15) is 5.15 Å². The molecule has 110 valence electrons. The molecule has 0 radical (unpaired) electrons. The summed E-state index contributed by atoms with van der Waals surface area (Å²) in [6.45, 7) is 6.41. The second-order valence-corrected chi connectivity index (χ2v) is 6.77. The average molecular weight is 364 g/mol. The van der Waals surface area contributed by atoms with Crippen molar-refractivity contribution in [3.63, 3.8) is 0 Å². The van der Waals surface area contributed by atoms with E-state index in [1.54, 1.807) is 27.7 Å². The number of nitrogens with zero attached hydrogens (tertiary/aromatic N) is 1. The SMILES string of the molecule is CC(C)(NC(=O)c1cc(Br)cnc1Cl)C(C)(C)C(=O)O. The number of carboxylic acids is 1. The lowest BCUT2D eigenvalue weighted by Gasteiger charge is -2.38. The fourth-order valence-electron chi connectivity index (χ4n) is 1.36. The van der Waals surface area contributed by atoms with Crippen LogP contribution >= 0.6 is 27.5 Å². The smallest absolute Gasteiger partial charge is 0.311 e. The van der Waals surface area contributed by atoms with Crippen LogP contribution in [0.15, 0.2) is 16.7 Å². The number of pyridine rings is 1. The Hall–Kier alpha value is -1.14. The van der Waals surface area contributed by atoms with E-state index in [1.807, 2.05) is 0 Å². The second-order valence-electron chi connectivity index (χ2n) is 5.50. The highest BCUT2D eigenvalue weighted by atomic mass is 79.9. The minimum absolute atomic E-state index is 0.0645. The summed E-state index contributed by atoms with van der Waals surface area (Å²) in [5, 5.41) is 12.0. The van der Waals surface area contributed by atoms with Gasteiger partial charge in [-0.15, -0.1) is 0 Å². The van der Waals surface area contributed by atoms with Gasteiger partial charge < -0.3 is 10.4 Å². The Morgan fingerprint density at radius 2 is 1.90 bits per heavy atom. The first-order valence-corrected chi connectivity index (χ1v) is 7.03. The first-order valence-electron chi connectivity index (χ1n) is 5.86. The van der Waals surface area contributed by atoms with E-state index in [4.69, 9.17) is 11.6 Å². The second kappa shape index (κ2) is 5.69. The number of nitrogens with one attached hydrogen (secondary N) is 1. The van der Waals surface area contributed by atoms with Crippen LogP contribution in [-0.4, -0.2) is 27.5 Å². The van der Waals surface area contributed by atoms with E-state index < -0.39 is 22.8 Å². The summed E-state index contributed by atoms with van der Waals surface area (Å²) >= 11 is 9.10. The van der Waals surface area contributed by atoms with Crippen molar-refractivity contribution in [3.8, 4) is 0 Å². The number of halogens is 2. The quantitative estimate of drug-likeness (QED) is 0.806. The van der Waals surface area contributed by atoms with Gasteiger partial charge in [-0.2, -0.15) is 0 Å². The monoisotopic (exact) mass is 362 g/mol. The number of rotatable bonds is 4. The average Bonchev–Trinajstić information content (AvgIpc) is 2.31. The van der Waals surface area contributed by atoms with Crippen LogP contribution in [0.2, 0.25) is 5.15 Å². The Morgan fingerprint density at radius 1 is 1.35 bits per heavy atom. The zero-order chi connectivity index (χ0) is 15.7. The van der Waals surface area contributed by atoms with Crippen LogP contribution < -0.4 is 5.32 Å². The van der Waals surface area contributed by atoms with E-state index in [1.165, 1.54) is 12.3 Å². The van der Waals surface area contributed by atoms with Crippen molar-refractivity contribution in [2.24, 2.45) is 5.41 Å². The number of aromatic nitrogens is 1. The summed E-state index contributed by atoms with van der Waals surface area (Å²) in [6.07, 6.45) is 1.48. The third-order valence-electron chi connectivity index (χ3n) is 3.57. The highest BCUT2D eigenvalue weighted by molar-refractivity contribution is 9.10. The van der Waals surface area contributed by atoms with Crippen molar-refractivity contribution in [3.05, 3.63) is 27.5 Å². The molecule has 0 spiro atoms. The maximum absolute atomic E-state index is 12.3. The zero-order valence-electron chi connectivity index (χ0n) is 11.6. The minimum atomic E-state index is -1.14. The van der Waals surface area contributed by atoms with E-state index >= 15 is 0 Å². The summed E-state index contributed by atoms with van der Waals surface area (Å²) < 4.78 is 0.613. The lowest BCUT2D eigenvalue weighted by Crippen LogP contribution is -2.57. The molecular weight excluding hydrogens is 348 g/mol. The van der Waals surface area contributed by atoms with Crippen LogP contribution in [0.25, 0.3) is 0 Å². The van der Waals surface area contributed by atoms with Crippen molar-refractivity contribution in [2.75, 3.05) is 0 Å². The predicted octanol–water partition coefficient (Wildman–Crippen LogP) is 3.12. The molecule has 1 heterocycles. The third kappa shape index (κ3) is 3.30. The number of hydrogen-bond donors (Lipinski definition) is 2. The number of carboxylic acid groups (broad SMARTS) is 1. The van der Waals surface area contributed by atoms with E-state index in [0.717, 1.165) is 0 Å². The summed E-state index contributed by atoms with van der Waals surface area (Å²) in [5.74, 6) is -1.47. The van der Waals surface area contributed by atoms with Crippen molar-refractivity contribution in [1.29, 1.82) is 0 Å². The Bertz CT molecular complexity index is 559. The lowest BCUT2D eigenvalue weighted by molar-refractivity contribution is -0.150. The lowest BCUT2D eigenvalue weighted by atomic mass is 9.74. The molecule has 0 aliphatic carbocycles. The molecule has 1 aromatic heterocycles. The van der Waals surface area contributed by atoms with Gasteiger partial charge in [-0.1, -0.05) is 11.6 Å². The van der Waals surface area contributed by atoms with Crippen LogP contribution in [0.3, 0.4) is 0 Å². The molecule has 5 nitrogen and oxygen atoms in total. The van der Waals surface area contributed by atoms with Gasteiger partial charge in [-0.25, -0.2) is 4.98 Å². The van der Waals surface area contributed by atoms with Crippen LogP contribution in [0.5, 0.6) is 0 Å². The highest BCUT2D eigenvalue weighted by Gasteiger charge is 2.44. The topological polar surface area (TPSA) is 79.3 Å². The fraction of sp³-hybridized carbons (Fsp3) is 0.462. The highest BCUT2D eigenvalue weighted by Crippen LogP contribution is 2.31. The van der Waals surface area contributed by atoms with Crippen LogP contribution in [-0.2, 0) is 4.79 Å². The summed E-state index contributed by atoms with van der Waals surface area (Å²) in [7, 11) is 0. The van der Waals surface area contributed by atoms with E-state index in [0.29, 0.717) is 4.47 Å². The van der Waals surface area contributed by atoms with Gasteiger partial charge in [0.2, 0.25) is 0 Å². The number of hydrogen-bond acceptors (Lipinski definition) is 3. The summed E-state index contributed by atoms with van der Waals surface area (Å²) in [5.41, 5.74) is -1.92. The van der Waals surface area contributed by atoms with Crippen molar-refractivity contribution < 1.29 is 14.7 Å². The summed E-state index contributed by atoms with van der Waals surface area (Å²) in [6, 6.07) is 1.54. The number of carbonyl (C=O) groups excluding carboxylic acids is 1. The molecule has 0 saturated carbocycles. The Kier molecular flexibility index (Phi) is 4.82. The molecule has 2 N–H and O–H groups in total. The summed E-state index contributed by atoms with van der Waals surface area (Å²) in [4.78, 5) is 27.4. The maximum Gasteiger partial charge on any atom is 0.311 e. The molecule has 0 saturated heterocycles. The Labute approximate surface area is 130 Å². The van der Waals surface area contributed by atoms with Crippen molar-refractivity contribution in [2.45, 2.75) is 33.2 Å². The van der Waals surface area contributed by atoms with Crippen molar-refractivity contribution in [1.82, 2.24) is 10.3 Å². The molecule has 0 unspecified atom stereocenters. The Morgan fingerprint density at radius 3 is 2.40 bits per heavy atom. The van der Waals surface area contributed by atoms with E-state index in [9.17, 15) is 14.7 Å². The first-order chi connectivity index (χ1) is 8.99. The molecule has 7 heteroatoms. The fourth-order valence-corrected chi connectivity index (χ4v) is 1.88. The molecular formula is C13H16BrClN2O3. The number of aliphatic carboxylic acids is 1. The zero-order valence-corrected chi connectivity index (χ0v) is 14.0. The van der Waals surface area contributed by atoms with Gasteiger partial charge in [0.25, 0.3) is 5.91 Å². The van der Waals surface area contributed by atoms with Gasteiger partial charge in [0.05, 0.1) is 16.5 Å². The number of amides is 1. The maximum atomic E-state index is 12.3. The van der Waals surface area contributed by atoms with Gasteiger partial charge in [-0.05, 0) is 49.7 Å². The number of carbonyl (C=O) groups is 2. The van der Waals surface area contributed by atoms with Crippen molar-refractivity contribution >= 4 is 39.4 Å². The van der Waals surface area contributed by atoms with Crippen LogP contribution in [0.4, 0.5) is 0 Å². The molecule has 0 aliphatic rings. The molecule has 0 fully saturated rings. The van der Waals surface area contributed by atoms with E-state index in [-0.39, 0.29) is 10.7 Å². The molecule has 1 aromatic rings.